The van der Waals surface area contributed by atoms with Crippen molar-refractivity contribution in [2.75, 3.05) is 37.5 Å². The maximum absolute atomic E-state index is 13.1. The third-order valence-corrected chi connectivity index (χ3v) is 5.39. The fourth-order valence-electron chi connectivity index (χ4n) is 3.94. The van der Waals surface area contributed by atoms with Crippen LogP contribution < -0.4 is 9.80 Å². The number of Topliss-reactive ketones (excluding diaryl/α,β-unsaturated/α-hetero) is 1. The smallest absolute Gasteiger partial charge is 0.328 e. The minimum atomic E-state index is -0.673. The van der Waals surface area contributed by atoms with Gasteiger partial charge in [-0.25, -0.2) is 9.79 Å². The number of carbonyl (C=O) groups is 3. The van der Waals surface area contributed by atoms with E-state index < -0.39 is 24.1 Å². The van der Waals surface area contributed by atoms with Crippen molar-refractivity contribution >= 4 is 35.1 Å². The third kappa shape index (κ3) is 2.84. The average Bonchev–Trinajstić information content (AvgIpc) is 3.18. The number of aliphatic imine (C=N–C) groups is 1. The average molecular weight is 396 g/mol. The predicted octanol–water partition coefficient (Wildman–Crippen LogP) is 1.28. The second-order valence-electron chi connectivity index (χ2n) is 7.73. The fourth-order valence-corrected chi connectivity index (χ4v) is 3.94. The van der Waals surface area contributed by atoms with Crippen molar-refractivity contribution in [3.8, 4) is 0 Å². The molecule has 3 aliphatic heterocycles. The normalized spacial score (nSPS) is 23.2. The molecule has 2 unspecified atom stereocenters. The minimum absolute atomic E-state index is 0.229. The van der Waals surface area contributed by atoms with Crippen LogP contribution in [0.2, 0.25) is 0 Å². The number of ketones is 1. The Labute approximate surface area is 169 Å². The molecule has 1 saturated heterocycles. The van der Waals surface area contributed by atoms with Crippen molar-refractivity contribution in [1.82, 2.24) is 14.7 Å². The molecule has 29 heavy (non-hydrogen) atoms. The highest BCUT2D eigenvalue weighted by atomic mass is 16.2. The van der Waals surface area contributed by atoms with E-state index in [4.69, 9.17) is 4.99 Å². The molecule has 0 aromatic heterocycles. The summed E-state index contributed by atoms with van der Waals surface area (Å²) in [5.41, 5.74) is 2.92. The number of nitrogens with zero attached hydrogens (tertiary/aromatic N) is 6. The van der Waals surface area contributed by atoms with Gasteiger partial charge in [0.05, 0.1) is 6.54 Å². The van der Waals surface area contributed by atoms with Gasteiger partial charge in [-0.05, 0) is 38.1 Å². The molecule has 4 rings (SSSR count). The van der Waals surface area contributed by atoms with Crippen LogP contribution >= 0.6 is 0 Å². The van der Waals surface area contributed by atoms with Crippen LogP contribution in [-0.2, 0) is 9.59 Å². The standard InChI is InChI=1S/C20H24N6O3/c1-12-10-24-16-17(23(5)20(29)25(18(16)28)11-13(2)27)21-19(24)26(12)15-8-6-14(7-9-15)22(3)4/h6-10,16-17H,11H2,1-5H3. The number of likely N-dealkylation sites (N-methyl/N-ethyl adjacent to an activating group) is 1. The van der Waals surface area contributed by atoms with Crippen LogP contribution in [0.5, 0.6) is 0 Å². The Morgan fingerprint density at radius 2 is 1.83 bits per heavy atom. The van der Waals surface area contributed by atoms with Crippen LogP contribution in [0.3, 0.4) is 0 Å². The summed E-state index contributed by atoms with van der Waals surface area (Å²) in [5.74, 6) is -0.0397. The van der Waals surface area contributed by atoms with Gasteiger partial charge in [-0.1, -0.05) is 0 Å². The highest BCUT2D eigenvalue weighted by molar-refractivity contribution is 6.10. The summed E-state index contributed by atoms with van der Waals surface area (Å²) in [5, 5.41) is 0. The van der Waals surface area contributed by atoms with Gasteiger partial charge in [0, 0.05) is 44.4 Å². The number of allylic oxidation sites excluding steroid dienone is 1. The van der Waals surface area contributed by atoms with Crippen molar-refractivity contribution in [3.05, 3.63) is 36.2 Å². The van der Waals surface area contributed by atoms with E-state index in [1.165, 1.54) is 11.8 Å². The van der Waals surface area contributed by atoms with Crippen LogP contribution in [-0.4, -0.2) is 78.3 Å². The van der Waals surface area contributed by atoms with Crippen molar-refractivity contribution in [1.29, 1.82) is 0 Å². The van der Waals surface area contributed by atoms with Gasteiger partial charge in [0.25, 0.3) is 5.91 Å². The second-order valence-corrected chi connectivity index (χ2v) is 7.73. The van der Waals surface area contributed by atoms with Gasteiger partial charge in [-0.3, -0.25) is 19.4 Å². The van der Waals surface area contributed by atoms with E-state index >= 15 is 0 Å². The lowest BCUT2D eigenvalue weighted by atomic mass is 10.1. The summed E-state index contributed by atoms with van der Waals surface area (Å²) in [6.45, 7) is 3.08. The first-order chi connectivity index (χ1) is 13.7. The molecule has 0 spiro atoms. The summed E-state index contributed by atoms with van der Waals surface area (Å²) >= 11 is 0. The molecule has 1 fully saturated rings. The monoisotopic (exact) mass is 396 g/mol. The number of imide groups is 1. The molecular formula is C20H24N6O3. The van der Waals surface area contributed by atoms with Gasteiger partial charge < -0.3 is 14.7 Å². The molecule has 0 aliphatic carbocycles. The lowest BCUT2D eigenvalue weighted by molar-refractivity contribution is -0.139. The molecular weight excluding hydrogens is 372 g/mol. The maximum atomic E-state index is 13.1. The highest BCUT2D eigenvalue weighted by Crippen LogP contribution is 2.36. The molecule has 2 atom stereocenters. The topological polar surface area (TPSA) is 79.8 Å². The van der Waals surface area contributed by atoms with Gasteiger partial charge in [-0.2, -0.15) is 0 Å². The van der Waals surface area contributed by atoms with E-state index in [1.807, 2.05) is 61.3 Å². The number of urea groups is 1. The van der Waals surface area contributed by atoms with E-state index in [2.05, 4.69) is 0 Å². The first kappa shape index (κ1) is 19.0. The largest absolute Gasteiger partial charge is 0.378 e. The fraction of sp³-hybridized carbons (Fsp3) is 0.400. The number of hydrogen-bond acceptors (Lipinski definition) is 7. The van der Waals surface area contributed by atoms with Gasteiger partial charge in [-0.15, -0.1) is 0 Å². The Bertz CT molecular complexity index is 951. The van der Waals surface area contributed by atoms with Gasteiger partial charge >= 0.3 is 6.03 Å². The number of hydrogen-bond donors (Lipinski definition) is 0. The number of amides is 3. The maximum Gasteiger partial charge on any atom is 0.328 e. The minimum Gasteiger partial charge on any atom is -0.378 e. The SMILES string of the molecule is CC(=O)CN1C(=O)C2C(N=C3N(c4ccc(N(C)C)cc4)C(C)=CN32)N(C)C1=O. The first-order valence-corrected chi connectivity index (χ1v) is 9.40. The summed E-state index contributed by atoms with van der Waals surface area (Å²) in [6.07, 6.45) is 1.25. The van der Waals surface area contributed by atoms with E-state index in [0.717, 1.165) is 22.0 Å². The molecule has 9 nitrogen and oxygen atoms in total. The zero-order valence-electron chi connectivity index (χ0n) is 17.2. The molecule has 3 amide bonds. The van der Waals surface area contributed by atoms with Crippen LogP contribution in [0.15, 0.2) is 41.2 Å². The van der Waals surface area contributed by atoms with E-state index in [1.54, 1.807) is 11.9 Å². The van der Waals surface area contributed by atoms with E-state index in [-0.39, 0.29) is 12.3 Å². The first-order valence-electron chi connectivity index (χ1n) is 9.40. The summed E-state index contributed by atoms with van der Waals surface area (Å²) in [6, 6.07) is 6.86. The number of guanidine groups is 1. The lowest BCUT2D eigenvalue weighted by Crippen LogP contribution is -2.64. The number of carbonyl (C=O) groups excluding carboxylic acids is 3. The molecule has 3 heterocycles. The van der Waals surface area contributed by atoms with Crippen LogP contribution in [0.4, 0.5) is 16.2 Å². The van der Waals surface area contributed by atoms with E-state index in [0.29, 0.717) is 5.96 Å². The molecule has 3 aliphatic rings. The molecule has 0 saturated carbocycles. The van der Waals surface area contributed by atoms with Crippen molar-refractivity contribution in [2.45, 2.75) is 26.1 Å². The Morgan fingerprint density at radius 1 is 1.17 bits per heavy atom. The Balaban J connectivity index is 1.68. The Kier molecular flexibility index (Phi) is 4.33. The Morgan fingerprint density at radius 3 is 2.41 bits per heavy atom. The van der Waals surface area contributed by atoms with Crippen molar-refractivity contribution in [3.63, 3.8) is 0 Å². The lowest BCUT2D eigenvalue weighted by Gasteiger charge is -2.39. The molecule has 1 aromatic rings. The zero-order chi connectivity index (χ0) is 21.0. The van der Waals surface area contributed by atoms with Crippen LogP contribution in [0.1, 0.15) is 13.8 Å². The molecule has 0 N–H and O–H groups in total. The van der Waals surface area contributed by atoms with Gasteiger partial charge in [0.2, 0.25) is 5.96 Å². The van der Waals surface area contributed by atoms with E-state index in [9.17, 15) is 14.4 Å². The molecule has 0 radical (unpaired) electrons. The van der Waals surface area contributed by atoms with Gasteiger partial charge in [0.1, 0.15) is 5.78 Å². The summed E-state index contributed by atoms with van der Waals surface area (Å²) in [7, 11) is 5.57. The quantitative estimate of drug-likeness (QED) is 0.763. The number of anilines is 2. The number of benzene rings is 1. The van der Waals surface area contributed by atoms with Crippen molar-refractivity contribution < 1.29 is 14.4 Å². The van der Waals surface area contributed by atoms with Crippen LogP contribution in [0.25, 0.3) is 0 Å². The molecule has 152 valence electrons. The number of rotatable bonds is 4. The van der Waals surface area contributed by atoms with Gasteiger partial charge in [0.15, 0.2) is 12.2 Å². The summed E-state index contributed by atoms with van der Waals surface area (Å²) in [4.78, 5) is 50.2. The second kappa shape index (κ2) is 6.61. The summed E-state index contributed by atoms with van der Waals surface area (Å²) < 4.78 is 0. The number of fused-ring (bicyclic) bond motifs is 3. The van der Waals surface area contributed by atoms with Crippen LogP contribution in [0, 0.1) is 0 Å². The molecule has 0 bridgehead atoms. The Hall–Kier alpha value is -3.36. The highest BCUT2D eigenvalue weighted by Gasteiger charge is 2.54. The van der Waals surface area contributed by atoms with Crippen molar-refractivity contribution in [2.24, 2.45) is 4.99 Å². The third-order valence-electron chi connectivity index (χ3n) is 5.39. The zero-order valence-corrected chi connectivity index (χ0v) is 17.2. The molecule has 1 aromatic carbocycles. The predicted molar refractivity (Wildman–Crippen MR) is 109 cm³/mol. The molecule has 9 heteroatoms.